The van der Waals surface area contributed by atoms with Crippen LogP contribution in [0, 0.1) is 11.2 Å². The zero-order chi connectivity index (χ0) is 27.8. The Morgan fingerprint density at radius 3 is 2.03 bits per heavy atom. The molecule has 200 valence electrons. The van der Waals surface area contributed by atoms with Crippen molar-refractivity contribution in [1.29, 1.82) is 0 Å². The second-order valence-corrected chi connectivity index (χ2v) is 13.5. The summed E-state index contributed by atoms with van der Waals surface area (Å²) in [6, 6.07) is 18.3. The third-order valence-electron chi connectivity index (χ3n) is 7.19. The van der Waals surface area contributed by atoms with Crippen LogP contribution in [0.4, 0.5) is 4.39 Å². The van der Waals surface area contributed by atoms with E-state index in [2.05, 4.69) is 4.98 Å². The lowest BCUT2D eigenvalue weighted by atomic mass is 9.88. The summed E-state index contributed by atoms with van der Waals surface area (Å²) < 4.78 is 37.6. The van der Waals surface area contributed by atoms with Gasteiger partial charge in [0.15, 0.2) is 11.6 Å². The van der Waals surface area contributed by atoms with E-state index in [1.54, 1.807) is 63.0 Å². The molecule has 3 aromatic carbocycles. The Morgan fingerprint density at radius 1 is 0.897 bits per heavy atom. The highest BCUT2D eigenvalue weighted by molar-refractivity contribution is 7.70. The van der Waals surface area contributed by atoms with Gasteiger partial charge >= 0.3 is 0 Å². The van der Waals surface area contributed by atoms with Crippen molar-refractivity contribution in [2.24, 2.45) is 5.41 Å². The first kappa shape index (κ1) is 26.8. The van der Waals surface area contributed by atoms with Gasteiger partial charge in [-0.1, -0.05) is 24.3 Å². The van der Waals surface area contributed by atoms with E-state index in [4.69, 9.17) is 9.47 Å². The van der Waals surface area contributed by atoms with E-state index in [0.29, 0.717) is 51.9 Å². The molecular weight excluding hydrogens is 516 g/mol. The maximum absolute atomic E-state index is 13.2. The Balaban J connectivity index is 1.30. The molecule has 4 aromatic rings. The number of nitrogens with zero attached hydrogens (tertiary/aromatic N) is 1. The first-order valence-electron chi connectivity index (χ1n) is 12.7. The molecule has 5 rings (SSSR count). The Labute approximate surface area is 226 Å². The number of benzene rings is 3. The van der Waals surface area contributed by atoms with Crippen LogP contribution in [0.25, 0.3) is 10.9 Å². The maximum atomic E-state index is 13.2. The van der Waals surface area contributed by atoms with Gasteiger partial charge in [-0.25, -0.2) is 4.39 Å². The predicted molar refractivity (Wildman–Crippen MR) is 149 cm³/mol. The van der Waals surface area contributed by atoms with Crippen molar-refractivity contribution in [3.8, 4) is 17.2 Å². The molecule has 1 fully saturated rings. The van der Waals surface area contributed by atoms with E-state index in [-0.39, 0.29) is 30.2 Å². The minimum absolute atomic E-state index is 0.0894. The smallest absolute Gasteiger partial charge is 0.150 e. The van der Waals surface area contributed by atoms with Gasteiger partial charge in [0.25, 0.3) is 0 Å². The van der Waals surface area contributed by atoms with Gasteiger partial charge in [0.2, 0.25) is 0 Å². The molecule has 1 heterocycles. The lowest BCUT2D eigenvalue weighted by Gasteiger charge is -2.16. The van der Waals surface area contributed by atoms with E-state index in [9.17, 15) is 18.5 Å². The van der Waals surface area contributed by atoms with Crippen molar-refractivity contribution in [3.05, 3.63) is 89.9 Å². The van der Waals surface area contributed by atoms with E-state index in [1.807, 2.05) is 18.2 Å². The second-order valence-electron chi connectivity index (χ2n) is 10.4. The van der Waals surface area contributed by atoms with Crippen molar-refractivity contribution in [2.45, 2.75) is 25.7 Å². The quantitative estimate of drug-likeness (QED) is 0.176. The number of ketones is 2. The Hall–Kier alpha value is -3.83. The first-order valence-corrected chi connectivity index (χ1v) is 15.3. The molecule has 0 bridgehead atoms. The highest BCUT2D eigenvalue weighted by Gasteiger charge is 2.54. The molecular formula is C31H29FNO5P. The Bertz CT molecular complexity index is 1610. The molecule has 0 spiro atoms. The van der Waals surface area contributed by atoms with Gasteiger partial charge in [-0.05, 0) is 73.7 Å². The van der Waals surface area contributed by atoms with Crippen LogP contribution >= 0.6 is 7.14 Å². The number of fused-ring (bicyclic) bond motifs is 1. The summed E-state index contributed by atoms with van der Waals surface area (Å²) in [6.07, 6.45) is 3.02. The fourth-order valence-electron chi connectivity index (χ4n) is 4.76. The molecule has 1 aliphatic rings. The van der Waals surface area contributed by atoms with Gasteiger partial charge in [0, 0.05) is 30.5 Å². The number of carbonyl (C=O) groups is 2. The molecule has 0 saturated heterocycles. The number of halogens is 1. The van der Waals surface area contributed by atoms with E-state index in [0.717, 1.165) is 5.56 Å². The fourth-order valence-corrected chi connectivity index (χ4v) is 5.89. The average molecular weight is 546 g/mol. The molecule has 0 atom stereocenters. The zero-order valence-corrected chi connectivity index (χ0v) is 23.0. The summed E-state index contributed by atoms with van der Waals surface area (Å²) in [7, 11) is -1.08. The van der Waals surface area contributed by atoms with Crippen LogP contribution in [0.1, 0.15) is 24.0 Å². The summed E-state index contributed by atoms with van der Waals surface area (Å²) in [5.41, 5.74) is 1.22. The van der Waals surface area contributed by atoms with Crippen LogP contribution in [0.2, 0.25) is 0 Å². The Kier molecular flexibility index (Phi) is 7.13. The molecule has 0 radical (unpaired) electrons. The normalized spacial score (nSPS) is 14.2. The van der Waals surface area contributed by atoms with Gasteiger partial charge in [-0.15, -0.1) is 0 Å². The molecule has 0 unspecified atom stereocenters. The number of carbonyl (C=O) groups excluding carboxylic acids is 2. The van der Waals surface area contributed by atoms with Crippen molar-refractivity contribution >= 4 is 34.9 Å². The van der Waals surface area contributed by atoms with Gasteiger partial charge in [-0.3, -0.25) is 14.6 Å². The fraction of sp³-hybridized carbons (Fsp3) is 0.258. The van der Waals surface area contributed by atoms with E-state index in [1.165, 1.54) is 12.1 Å². The summed E-state index contributed by atoms with van der Waals surface area (Å²) in [6.45, 7) is 3.38. The standard InChI is InChI=1S/C31H29FNO5P/c1-37-27-19-25-24(18-28(27)39(2,3)36)26(12-15-33-25)38-23-10-6-21(7-11-23)17-30(35)31(13-14-31)29(34)16-20-4-8-22(32)9-5-20/h4-12,15,18-19H,13-14,16-17H2,1-3H3. The maximum Gasteiger partial charge on any atom is 0.150 e. The van der Waals surface area contributed by atoms with Gasteiger partial charge < -0.3 is 14.0 Å². The summed E-state index contributed by atoms with van der Waals surface area (Å²) >= 11 is 0. The molecule has 1 aliphatic carbocycles. The van der Waals surface area contributed by atoms with E-state index >= 15 is 0 Å². The van der Waals surface area contributed by atoms with Crippen LogP contribution in [0.5, 0.6) is 17.2 Å². The highest BCUT2D eigenvalue weighted by Crippen LogP contribution is 2.49. The lowest BCUT2D eigenvalue weighted by molar-refractivity contribution is -0.133. The topological polar surface area (TPSA) is 82.6 Å². The van der Waals surface area contributed by atoms with Crippen molar-refractivity contribution in [2.75, 3.05) is 20.4 Å². The lowest BCUT2D eigenvalue weighted by Crippen LogP contribution is -2.28. The van der Waals surface area contributed by atoms with E-state index < -0.39 is 12.6 Å². The summed E-state index contributed by atoms with van der Waals surface area (Å²) in [4.78, 5) is 30.5. The average Bonchev–Trinajstić information content (AvgIpc) is 3.72. The van der Waals surface area contributed by atoms with Crippen molar-refractivity contribution in [3.63, 3.8) is 0 Å². The highest BCUT2D eigenvalue weighted by atomic mass is 31.2. The molecule has 6 nitrogen and oxygen atoms in total. The van der Waals surface area contributed by atoms with Crippen LogP contribution in [-0.4, -0.2) is 37.0 Å². The number of pyridine rings is 1. The third-order valence-corrected chi connectivity index (χ3v) is 8.70. The number of aromatic nitrogens is 1. The summed E-state index contributed by atoms with van der Waals surface area (Å²) in [5.74, 6) is 1.10. The second kappa shape index (κ2) is 10.4. The SMILES string of the molecule is COc1cc2nccc(Oc3ccc(CC(=O)C4(C(=O)Cc5ccc(F)cc5)CC4)cc3)c2cc1P(C)(C)=O. The molecule has 1 aromatic heterocycles. The van der Waals surface area contributed by atoms with Gasteiger partial charge in [-0.2, -0.15) is 0 Å². The first-order chi connectivity index (χ1) is 18.6. The number of methoxy groups -OCH3 is 1. The molecule has 1 saturated carbocycles. The van der Waals surface area contributed by atoms with Crippen LogP contribution in [0.15, 0.2) is 72.9 Å². The van der Waals surface area contributed by atoms with Gasteiger partial charge in [0.05, 0.1) is 23.3 Å². The van der Waals surface area contributed by atoms with Crippen molar-refractivity contribution in [1.82, 2.24) is 4.98 Å². The van der Waals surface area contributed by atoms with Crippen LogP contribution < -0.4 is 14.8 Å². The number of rotatable bonds is 10. The molecule has 0 amide bonds. The number of hydrogen-bond acceptors (Lipinski definition) is 6. The minimum Gasteiger partial charge on any atom is -0.496 e. The number of Topliss-reactive ketones (excluding diaryl/α,β-unsaturated/α-hetero) is 2. The molecule has 0 aliphatic heterocycles. The van der Waals surface area contributed by atoms with Gasteiger partial charge in [0.1, 0.15) is 30.2 Å². The number of hydrogen-bond donors (Lipinski definition) is 0. The molecule has 39 heavy (non-hydrogen) atoms. The third kappa shape index (κ3) is 5.64. The van der Waals surface area contributed by atoms with Crippen LogP contribution in [-0.2, 0) is 27.0 Å². The largest absolute Gasteiger partial charge is 0.496 e. The molecule has 0 N–H and O–H groups in total. The minimum atomic E-state index is -2.62. The Morgan fingerprint density at radius 2 is 1.49 bits per heavy atom. The zero-order valence-electron chi connectivity index (χ0n) is 22.1. The summed E-state index contributed by atoms with van der Waals surface area (Å²) in [5, 5.41) is 1.33. The van der Waals surface area contributed by atoms with Crippen LogP contribution in [0.3, 0.4) is 0 Å². The predicted octanol–water partition coefficient (Wildman–Crippen LogP) is 6.13. The monoisotopic (exact) mass is 545 g/mol. The van der Waals surface area contributed by atoms with Crippen molar-refractivity contribution < 1.29 is 28.0 Å². The molecule has 8 heteroatoms. The number of ether oxygens (including phenoxy) is 2.